The van der Waals surface area contributed by atoms with Crippen molar-refractivity contribution in [2.24, 2.45) is 5.92 Å². The van der Waals surface area contributed by atoms with Crippen molar-refractivity contribution in [3.8, 4) is 11.4 Å². The van der Waals surface area contributed by atoms with Gasteiger partial charge in [-0.1, -0.05) is 30.6 Å². The lowest BCUT2D eigenvalue weighted by molar-refractivity contribution is 0.331. The van der Waals surface area contributed by atoms with Gasteiger partial charge in [-0.2, -0.15) is 4.98 Å². The molecule has 0 bridgehead atoms. The van der Waals surface area contributed by atoms with E-state index in [0.29, 0.717) is 23.3 Å². The molecule has 2 atom stereocenters. The second kappa shape index (κ2) is 4.44. The second-order valence-corrected chi connectivity index (χ2v) is 5.06. The Hall–Kier alpha value is -1.84. The number of rotatable bonds is 2. The highest BCUT2D eigenvalue weighted by Crippen LogP contribution is 2.39. The zero-order valence-electron chi connectivity index (χ0n) is 10.5. The normalized spacial score (nSPS) is 23.4. The number of nitrogen functional groups attached to an aromatic ring is 1. The Balaban J connectivity index is 1.92. The van der Waals surface area contributed by atoms with Gasteiger partial charge in [0.1, 0.15) is 0 Å². The van der Waals surface area contributed by atoms with Crippen LogP contribution in [0.25, 0.3) is 11.4 Å². The molecular weight excluding hydrogens is 226 g/mol. The van der Waals surface area contributed by atoms with E-state index in [-0.39, 0.29) is 0 Å². The average Bonchev–Trinajstić information content (AvgIpc) is 2.98. The van der Waals surface area contributed by atoms with Crippen LogP contribution in [0.4, 0.5) is 5.69 Å². The van der Waals surface area contributed by atoms with Crippen molar-refractivity contribution in [3.63, 3.8) is 0 Å². The molecule has 1 aliphatic carbocycles. The molecule has 2 aromatic rings. The Morgan fingerprint density at radius 2 is 2.11 bits per heavy atom. The molecule has 0 amide bonds. The maximum absolute atomic E-state index is 5.92. The maximum Gasteiger partial charge on any atom is 0.230 e. The fraction of sp³-hybridized carbons (Fsp3) is 0.429. The van der Waals surface area contributed by atoms with Gasteiger partial charge < -0.3 is 10.3 Å². The van der Waals surface area contributed by atoms with Gasteiger partial charge in [-0.15, -0.1) is 0 Å². The number of hydrogen-bond donors (Lipinski definition) is 1. The van der Waals surface area contributed by atoms with E-state index >= 15 is 0 Å². The van der Waals surface area contributed by atoms with E-state index in [1.165, 1.54) is 12.8 Å². The summed E-state index contributed by atoms with van der Waals surface area (Å²) >= 11 is 0. The van der Waals surface area contributed by atoms with Crippen LogP contribution >= 0.6 is 0 Å². The fourth-order valence-electron chi connectivity index (χ4n) is 2.71. The van der Waals surface area contributed by atoms with Gasteiger partial charge in [-0.3, -0.25) is 0 Å². The molecule has 0 spiro atoms. The molecule has 4 nitrogen and oxygen atoms in total. The van der Waals surface area contributed by atoms with E-state index < -0.39 is 0 Å². The van der Waals surface area contributed by atoms with Crippen molar-refractivity contribution in [2.45, 2.75) is 32.1 Å². The third kappa shape index (κ3) is 1.88. The fourth-order valence-corrected chi connectivity index (χ4v) is 2.71. The Morgan fingerprint density at radius 3 is 2.83 bits per heavy atom. The number of hydrogen-bond acceptors (Lipinski definition) is 4. The van der Waals surface area contributed by atoms with Gasteiger partial charge in [0.05, 0.1) is 0 Å². The van der Waals surface area contributed by atoms with E-state index in [0.717, 1.165) is 17.9 Å². The molecule has 0 aliphatic heterocycles. The van der Waals surface area contributed by atoms with E-state index in [9.17, 15) is 0 Å². The van der Waals surface area contributed by atoms with Gasteiger partial charge in [0.15, 0.2) is 0 Å². The summed E-state index contributed by atoms with van der Waals surface area (Å²) < 4.78 is 5.41. The highest BCUT2D eigenvalue weighted by atomic mass is 16.5. The summed E-state index contributed by atoms with van der Waals surface area (Å²) in [5.41, 5.74) is 7.45. The first-order valence-corrected chi connectivity index (χ1v) is 6.44. The maximum atomic E-state index is 5.92. The van der Waals surface area contributed by atoms with Gasteiger partial charge in [-0.05, 0) is 30.9 Å². The van der Waals surface area contributed by atoms with Gasteiger partial charge in [0.2, 0.25) is 11.7 Å². The Morgan fingerprint density at radius 1 is 1.28 bits per heavy atom. The number of nitrogens with two attached hydrogens (primary N) is 1. The standard InChI is InChI=1S/C14H17N3O/c1-9-5-4-7-10(9)14-16-13(17-18-14)11-6-2-3-8-12(11)15/h2-3,6,8-10H,4-5,7,15H2,1H3. The van der Waals surface area contributed by atoms with Gasteiger partial charge >= 0.3 is 0 Å². The van der Waals surface area contributed by atoms with Crippen molar-refractivity contribution in [2.75, 3.05) is 5.73 Å². The molecule has 1 aliphatic rings. The quantitative estimate of drug-likeness (QED) is 0.822. The monoisotopic (exact) mass is 243 g/mol. The molecule has 2 N–H and O–H groups in total. The third-order valence-corrected chi connectivity index (χ3v) is 3.82. The first-order valence-electron chi connectivity index (χ1n) is 6.44. The number of anilines is 1. The summed E-state index contributed by atoms with van der Waals surface area (Å²) in [6.07, 6.45) is 3.64. The zero-order valence-corrected chi connectivity index (χ0v) is 10.5. The number of benzene rings is 1. The molecule has 1 saturated carbocycles. The summed E-state index contributed by atoms with van der Waals surface area (Å²) in [5.74, 6) is 2.41. The Labute approximate surface area is 106 Å². The van der Waals surface area contributed by atoms with Gasteiger partial charge in [0.25, 0.3) is 0 Å². The van der Waals surface area contributed by atoms with E-state index in [2.05, 4.69) is 17.1 Å². The van der Waals surface area contributed by atoms with Crippen molar-refractivity contribution in [1.82, 2.24) is 10.1 Å². The van der Waals surface area contributed by atoms with Crippen molar-refractivity contribution < 1.29 is 4.52 Å². The topological polar surface area (TPSA) is 64.9 Å². The molecule has 1 aromatic heterocycles. The first-order chi connectivity index (χ1) is 8.75. The molecule has 1 fully saturated rings. The van der Waals surface area contributed by atoms with Crippen LogP contribution in [0.15, 0.2) is 28.8 Å². The SMILES string of the molecule is CC1CCCC1c1nc(-c2ccccc2N)no1. The molecule has 2 unspecified atom stereocenters. The van der Waals surface area contributed by atoms with E-state index in [1.54, 1.807) is 0 Å². The van der Waals surface area contributed by atoms with Crippen molar-refractivity contribution >= 4 is 5.69 Å². The molecule has 1 heterocycles. The molecule has 0 radical (unpaired) electrons. The minimum absolute atomic E-state index is 0.413. The number of aromatic nitrogens is 2. The highest BCUT2D eigenvalue weighted by Gasteiger charge is 2.29. The summed E-state index contributed by atoms with van der Waals surface area (Å²) in [6, 6.07) is 7.60. The summed E-state index contributed by atoms with van der Waals surface area (Å²) in [7, 11) is 0. The molecule has 3 rings (SSSR count). The minimum Gasteiger partial charge on any atom is -0.398 e. The van der Waals surface area contributed by atoms with Crippen molar-refractivity contribution in [1.29, 1.82) is 0 Å². The molecule has 4 heteroatoms. The smallest absolute Gasteiger partial charge is 0.230 e. The molecule has 18 heavy (non-hydrogen) atoms. The first kappa shape index (κ1) is 11.3. The van der Waals surface area contributed by atoms with Crippen LogP contribution in [0.3, 0.4) is 0 Å². The number of nitrogens with zero attached hydrogens (tertiary/aromatic N) is 2. The van der Waals surface area contributed by atoms with Crippen LogP contribution in [-0.4, -0.2) is 10.1 Å². The summed E-state index contributed by atoms with van der Waals surface area (Å²) in [6.45, 7) is 2.25. The summed E-state index contributed by atoms with van der Waals surface area (Å²) in [4.78, 5) is 4.52. The lowest BCUT2D eigenvalue weighted by atomic mass is 9.98. The molecule has 0 saturated heterocycles. The predicted octanol–water partition coefficient (Wildman–Crippen LogP) is 3.22. The second-order valence-electron chi connectivity index (χ2n) is 5.06. The number of para-hydroxylation sites is 1. The van der Waals surface area contributed by atoms with E-state index in [1.807, 2.05) is 24.3 Å². The highest BCUT2D eigenvalue weighted by molar-refractivity contribution is 5.70. The van der Waals surface area contributed by atoms with Crippen molar-refractivity contribution in [3.05, 3.63) is 30.2 Å². The minimum atomic E-state index is 0.413. The zero-order chi connectivity index (χ0) is 12.5. The molecule has 1 aromatic carbocycles. The lowest BCUT2D eigenvalue weighted by Gasteiger charge is -2.08. The molecule has 94 valence electrons. The average molecular weight is 243 g/mol. The van der Waals surface area contributed by atoms with Crippen LogP contribution in [0.1, 0.15) is 38.0 Å². The largest absolute Gasteiger partial charge is 0.398 e. The summed E-state index contributed by atoms with van der Waals surface area (Å²) in [5, 5.41) is 4.06. The third-order valence-electron chi connectivity index (χ3n) is 3.82. The van der Waals surface area contributed by atoms with E-state index in [4.69, 9.17) is 10.3 Å². The predicted molar refractivity (Wildman–Crippen MR) is 69.9 cm³/mol. The van der Waals surface area contributed by atoms with Crippen LogP contribution in [-0.2, 0) is 0 Å². The lowest BCUT2D eigenvalue weighted by Crippen LogP contribution is -2.02. The van der Waals surface area contributed by atoms with Gasteiger partial charge in [-0.25, -0.2) is 0 Å². The van der Waals surface area contributed by atoms with Crippen LogP contribution < -0.4 is 5.73 Å². The van der Waals surface area contributed by atoms with Gasteiger partial charge in [0, 0.05) is 17.2 Å². The molecular formula is C14H17N3O. The Kier molecular flexibility index (Phi) is 2.78. The van der Waals surface area contributed by atoms with Crippen LogP contribution in [0.5, 0.6) is 0 Å². The van der Waals surface area contributed by atoms with Crippen LogP contribution in [0, 0.1) is 5.92 Å². The van der Waals surface area contributed by atoms with Crippen LogP contribution in [0.2, 0.25) is 0 Å². The Bertz CT molecular complexity index is 549.